The summed E-state index contributed by atoms with van der Waals surface area (Å²) >= 11 is 0. The van der Waals surface area contributed by atoms with Gasteiger partial charge in [0.2, 0.25) is 0 Å². The minimum atomic E-state index is -0.712. The largest absolute Gasteiger partial charge is 0.337 e. The fraction of sp³-hybridized carbons (Fsp3) is 0.462. The predicted molar refractivity (Wildman–Crippen MR) is 62.2 cm³/mol. The summed E-state index contributed by atoms with van der Waals surface area (Å²) in [4.78, 5) is 13.8. The fourth-order valence-corrected chi connectivity index (χ4v) is 2.87. The van der Waals surface area contributed by atoms with Gasteiger partial charge in [-0.1, -0.05) is 0 Å². The minimum Gasteiger partial charge on any atom is -0.337 e. The molecule has 2 saturated heterocycles. The lowest BCUT2D eigenvalue weighted by Gasteiger charge is -2.17. The van der Waals surface area contributed by atoms with Crippen molar-refractivity contribution in [1.82, 2.24) is 10.2 Å². The third-order valence-corrected chi connectivity index (χ3v) is 3.76. The Bertz CT molecular complexity index is 460. The fourth-order valence-electron chi connectivity index (χ4n) is 2.87. The van der Waals surface area contributed by atoms with Crippen molar-refractivity contribution >= 4 is 5.91 Å². The van der Waals surface area contributed by atoms with E-state index >= 15 is 0 Å². The van der Waals surface area contributed by atoms with Gasteiger partial charge in [0.1, 0.15) is 11.6 Å². The standard InChI is InChI=1S/C13H14F2N2O/c14-10-3-9(4-11(15)5-10)13(18)17-6-8-1-2-16-12(8)7-17/h3-5,8,12,16H,1-2,6-7H2/t8-,12+/m0/s1. The third kappa shape index (κ3) is 1.99. The van der Waals surface area contributed by atoms with Gasteiger partial charge in [-0.25, -0.2) is 8.78 Å². The molecule has 1 amide bonds. The topological polar surface area (TPSA) is 32.3 Å². The van der Waals surface area contributed by atoms with Gasteiger partial charge in [-0.3, -0.25) is 4.79 Å². The maximum atomic E-state index is 13.1. The molecule has 1 aromatic rings. The molecule has 5 heteroatoms. The molecule has 0 spiro atoms. The number of rotatable bonds is 1. The number of carbonyl (C=O) groups excluding carboxylic acids is 1. The molecule has 96 valence electrons. The van der Waals surface area contributed by atoms with E-state index in [4.69, 9.17) is 0 Å². The van der Waals surface area contributed by atoms with Crippen LogP contribution in [0.1, 0.15) is 16.8 Å². The van der Waals surface area contributed by atoms with Crippen molar-refractivity contribution in [2.45, 2.75) is 12.5 Å². The van der Waals surface area contributed by atoms with Crippen molar-refractivity contribution in [3.05, 3.63) is 35.4 Å². The van der Waals surface area contributed by atoms with Crippen molar-refractivity contribution in [2.24, 2.45) is 5.92 Å². The van der Waals surface area contributed by atoms with Gasteiger partial charge in [-0.15, -0.1) is 0 Å². The van der Waals surface area contributed by atoms with Crippen molar-refractivity contribution in [3.8, 4) is 0 Å². The van der Waals surface area contributed by atoms with Crippen LogP contribution in [0.15, 0.2) is 18.2 Å². The first-order valence-corrected chi connectivity index (χ1v) is 6.12. The monoisotopic (exact) mass is 252 g/mol. The Hall–Kier alpha value is -1.49. The summed E-state index contributed by atoms with van der Waals surface area (Å²) in [6.45, 7) is 2.29. The summed E-state index contributed by atoms with van der Waals surface area (Å²) in [5, 5.41) is 3.34. The van der Waals surface area contributed by atoms with Gasteiger partial charge in [0.05, 0.1) is 0 Å². The molecule has 0 aliphatic carbocycles. The molecule has 0 bridgehead atoms. The van der Waals surface area contributed by atoms with E-state index < -0.39 is 11.6 Å². The molecule has 0 saturated carbocycles. The van der Waals surface area contributed by atoms with Gasteiger partial charge in [0.15, 0.2) is 0 Å². The summed E-state index contributed by atoms with van der Waals surface area (Å²) in [5.74, 6) is -1.23. The van der Waals surface area contributed by atoms with E-state index in [-0.39, 0.29) is 11.5 Å². The average Bonchev–Trinajstić information content (AvgIpc) is 2.86. The number of fused-ring (bicyclic) bond motifs is 1. The highest BCUT2D eigenvalue weighted by Crippen LogP contribution is 2.26. The van der Waals surface area contributed by atoms with Crippen LogP contribution in [0.5, 0.6) is 0 Å². The number of benzene rings is 1. The van der Waals surface area contributed by atoms with Crippen LogP contribution in [-0.2, 0) is 0 Å². The first-order valence-electron chi connectivity index (χ1n) is 6.12. The second-order valence-electron chi connectivity index (χ2n) is 4.98. The van der Waals surface area contributed by atoms with E-state index in [0.717, 1.165) is 31.2 Å². The van der Waals surface area contributed by atoms with Crippen LogP contribution in [0.25, 0.3) is 0 Å². The Morgan fingerprint density at radius 1 is 1.22 bits per heavy atom. The normalized spacial score (nSPS) is 26.4. The molecule has 2 aliphatic rings. The Labute approximate surface area is 104 Å². The zero-order chi connectivity index (χ0) is 12.7. The lowest BCUT2D eigenvalue weighted by molar-refractivity contribution is 0.0781. The second-order valence-corrected chi connectivity index (χ2v) is 4.98. The summed E-state index contributed by atoms with van der Waals surface area (Å²) in [7, 11) is 0. The van der Waals surface area contributed by atoms with Crippen molar-refractivity contribution in [1.29, 1.82) is 0 Å². The Kier molecular flexibility index (Phi) is 2.78. The molecule has 0 unspecified atom stereocenters. The summed E-state index contributed by atoms with van der Waals surface area (Å²) in [6.07, 6.45) is 1.06. The first-order chi connectivity index (χ1) is 8.63. The summed E-state index contributed by atoms with van der Waals surface area (Å²) in [5.41, 5.74) is 0.0903. The zero-order valence-electron chi connectivity index (χ0n) is 9.83. The first kappa shape index (κ1) is 11.6. The number of amides is 1. The summed E-state index contributed by atoms with van der Waals surface area (Å²) < 4.78 is 26.2. The van der Waals surface area contributed by atoms with Crippen LogP contribution in [0.4, 0.5) is 8.78 Å². The minimum absolute atomic E-state index is 0.0903. The van der Waals surface area contributed by atoms with Gasteiger partial charge in [-0.2, -0.15) is 0 Å². The highest BCUT2D eigenvalue weighted by atomic mass is 19.1. The second kappa shape index (κ2) is 4.31. The van der Waals surface area contributed by atoms with Crippen molar-refractivity contribution in [2.75, 3.05) is 19.6 Å². The Balaban J connectivity index is 1.78. The third-order valence-electron chi connectivity index (χ3n) is 3.76. The van der Waals surface area contributed by atoms with Crippen LogP contribution < -0.4 is 5.32 Å². The maximum absolute atomic E-state index is 13.1. The highest BCUT2D eigenvalue weighted by Gasteiger charge is 2.38. The van der Waals surface area contributed by atoms with Crippen LogP contribution >= 0.6 is 0 Å². The molecule has 3 nitrogen and oxygen atoms in total. The van der Waals surface area contributed by atoms with E-state index in [0.29, 0.717) is 25.0 Å². The van der Waals surface area contributed by atoms with Crippen molar-refractivity contribution < 1.29 is 13.6 Å². The molecule has 2 fully saturated rings. The smallest absolute Gasteiger partial charge is 0.254 e. The molecule has 0 aromatic heterocycles. The van der Waals surface area contributed by atoms with Crippen molar-refractivity contribution in [3.63, 3.8) is 0 Å². The van der Waals surface area contributed by atoms with Crippen LogP contribution in [0, 0.1) is 17.6 Å². The molecule has 18 heavy (non-hydrogen) atoms. The number of nitrogens with zero attached hydrogens (tertiary/aromatic N) is 1. The van der Waals surface area contributed by atoms with Gasteiger partial charge in [0, 0.05) is 30.8 Å². The van der Waals surface area contributed by atoms with Gasteiger partial charge < -0.3 is 10.2 Å². The molecule has 1 aromatic carbocycles. The van der Waals surface area contributed by atoms with Crippen LogP contribution in [0.3, 0.4) is 0 Å². The molecule has 2 heterocycles. The van der Waals surface area contributed by atoms with Crippen LogP contribution in [-0.4, -0.2) is 36.5 Å². The molecule has 2 atom stereocenters. The highest BCUT2D eigenvalue weighted by molar-refractivity contribution is 5.94. The molecule has 1 N–H and O–H groups in total. The molecular formula is C13H14F2N2O. The maximum Gasteiger partial charge on any atom is 0.254 e. The van der Waals surface area contributed by atoms with E-state index in [1.165, 1.54) is 0 Å². The van der Waals surface area contributed by atoms with Gasteiger partial charge in [-0.05, 0) is 31.0 Å². The zero-order valence-corrected chi connectivity index (χ0v) is 9.83. The van der Waals surface area contributed by atoms with Gasteiger partial charge >= 0.3 is 0 Å². The predicted octanol–water partition coefficient (Wildman–Crippen LogP) is 1.40. The lowest BCUT2D eigenvalue weighted by atomic mass is 10.1. The SMILES string of the molecule is O=C(c1cc(F)cc(F)c1)N1C[C@@H]2CCN[C@@H]2C1. The van der Waals surface area contributed by atoms with E-state index in [9.17, 15) is 13.6 Å². The molecule has 2 aliphatic heterocycles. The number of likely N-dealkylation sites (tertiary alicyclic amines) is 1. The molecule has 3 rings (SSSR count). The lowest BCUT2D eigenvalue weighted by Crippen LogP contribution is -2.34. The van der Waals surface area contributed by atoms with E-state index in [1.807, 2.05) is 0 Å². The number of carbonyl (C=O) groups is 1. The Morgan fingerprint density at radius 2 is 1.94 bits per heavy atom. The Morgan fingerprint density at radius 3 is 2.61 bits per heavy atom. The number of hydrogen-bond acceptors (Lipinski definition) is 2. The number of nitrogens with one attached hydrogen (secondary N) is 1. The number of halogens is 2. The van der Waals surface area contributed by atoms with Gasteiger partial charge in [0.25, 0.3) is 5.91 Å². The molecular weight excluding hydrogens is 238 g/mol. The van der Waals surface area contributed by atoms with Crippen LogP contribution in [0.2, 0.25) is 0 Å². The average molecular weight is 252 g/mol. The van der Waals surface area contributed by atoms with E-state index in [2.05, 4.69) is 5.32 Å². The quantitative estimate of drug-likeness (QED) is 0.819. The summed E-state index contributed by atoms with van der Waals surface area (Å²) in [6, 6.07) is 3.30. The van der Waals surface area contributed by atoms with E-state index in [1.54, 1.807) is 4.90 Å². The number of hydrogen-bond donors (Lipinski definition) is 1. The molecule has 0 radical (unpaired) electrons.